The molecule has 22 heavy (non-hydrogen) atoms. The van der Waals surface area contributed by atoms with Crippen molar-refractivity contribution in [2.24, 2.45) is 11.8 Å². The Balaban J connectivity index is 4.59. The fraction of sp³-hybridized carbons (Fsp3) is 0.824. The van der Waals surface area contributed by atoms with Crippen molar-refractivity contribution in [2.45, 2.75) is 72.3 Å². The van der Waals surface area contributed by atoms with E-state index in [0.29, 0.717) is 12.7 Å². The Hall–Kier alpha value is -1.39. The summed E-state index contributed by atoms with van der Waals surface area (Å²) in [5.41, 5.74) is 0. The molecule has 0 aromatic rings. The summed E-state index contributed by atoms with van der Waals surface area (Å²) in [5, 5.41) is 2.50. The average Bonchev–Trinajstić information content (AvgIpc) is 2.49. The van der Waals surface area contributed by atoms with Crippen LogP contribution in [-0.4, -0.2) is 30.8 Å². The van der Waals surface area contributed by atoms with Gasteiger partial charge in [0.15, 0.2) is 0 Å². The minimum absolute atomic E-state index is 0.00426. The fourth-order valence-electron chi connectivity index (χ4n) is 2.13. The molecule has 3 atom stereocenters. The second-order valence-corrected chi connectivity index (χ2v) is 6.04. The number of rotatable bonds is 12. The number of hydrogen-bond donors (Lipinski definition) is 1. The SMILES string of the molecule is CCCCC(C)C(CC(=O)NCC=O)OC(=O)CC(C)CC. The molecule has 0 fully saturated rings. The van der Waals surface area contributed by atoms with E-state index >= 15 is 0 Å². The highest BCUT2D eigenvalue weighted by atomic mass is 16.5. The molecule has 0 radical (unpaired) electrons. The van der Waals surface area contributed by atoms with Crippen LogP contribution >= 0.6 is 0 Å². The molecule has 0 aliphatic heterocycles. The molecule has 0 aliphatic carbocycles. The van der Waals surface area contributed by atoms with E-state index in [4.69, 9.17) is 4.74 Å². The van der Waals surface area contributed by atoms with Crippen LogP contribution < -0.4 is 5.32 Å². The number of carbonyl (C=O) groups excluding carboxylic acids is 3. The summed E-state index contributed by atoms with van der Waals surface area (Å²) in [5.74, 6) is -0.0894. The number of aldehydes is 1. The zero-order chi connectivity index (χ0) is 17.0. The van der Waals surface area contributed by atoms with Gasteiger partial charge in [-0.3, -0.25) is 9.59 Å². The van der Waals surface area contributed by atoms with Crippen LogP contribution in [0.25, 0.3) is 0 Å². The molecule has 0 bridgehead atoms. The van der Waals surface area contributed by atoms with Gasteiger partial charge in [-0.1, -0.05) is 47.0 Å². The first kappa shape index (κ1) is 20.6. The van der Waals surface area contributed by atoms with Crippen molar-refractivity contribution in [1.29, 1.82) is 0 Å². The Labute approximate surface area is 134 Å². The third-order valence-electron chi connectivity index (χ3n) is 3.91. The van der Waals surface area contributed by atoms with Crippen molar-refractivity contribution in [3.63, 3.8) is 0 Å². The number of unbranched alkanes of at least 4 members (excludes halogenated alkanes) is 1. The van der Waals surface area contributed by atoms with Crippen LogP contribution in [0.2, 0.25) is 0 Å². The number of hydrogen-bond acceptors (Lipinski definition) is 4. The Bertz CT molecular complexity index is 344. The lowest BCUT2D eigenvalue weighted by atomic mass is 9.95. The quantitative estimate of drug-likeness (QED) is 0.444. The molecular weight excluding hydrogens is 282 g/mol. The molecule has 128 valence electrons. The molecule has 1 N–H and O–H groups in total. The van der Waals surface area contributed by atoms with Crippen LogP contribution in [-0.2, 0) is 19.1 Å². The minimum atomic E-state index is -0.422. The van der Waals surface area contributed by atoms with E-state index in [9.17, 15) is 14.4 Å². The second-order valence-electron chi connectivity index (χ2n) is 6.04. The summed E-state index contributed by atoms with van der Waals surface area (Å²) in [7, 11) is 0. The zero-order valence-corrected chi connectivity index (χ0v) is 14.4. The molecule has 1 amide bonds. The molecule has 5 nitrogen and oxygen atoms in total. The number of amides is 1. The van der Waals surface area contributed by atoms with Crippen molar-refractivity contribution in [3.05, 3.63) is 0 Å². The lowest BCUT2D eigenvalue weighted by Gasteiger charge is -2.24. The van der Waals surface area contributed by atoms with E-state index in [1.165, 1.54) is 0 Å². The lowest BCUT2D eigenvalue weighted by Crippen LogP contribution is -2.34. The molecule has 5 heteroatoms. The van der Waals surface area contributed by atoms with Crippen molar-refractivity contribution < 1.29 is 19.1 Å². The number of nitrogens with one attached hydrogen (secondary N) is 1. The monoisotopic (exact) mass is 313 g/mol. The fourth-order valence-corrected chi connectivity index (χ4v) is 2.13. The predicted octanol–water partition coefficient (Wildman–Crippen LogP) is 2.87. The summed E-state index contributed by atoms with van der Waals surface area (Å²) in [6, 6.07) is 0. The van der Waals surface area contributed by atoms with Crippen LogP contribution in [0.4, 0.5) is 0 Å². The van der Waals surface area contributed by atoms with Crippen molar-refractivity contribution in [3.8, 4) is 0 Å². The lowest BCUT2D eigenvalue weighted by molar-refractivity contribution is -0.154. The van der Waals surface area contributed by atoms with Gasteiger partial charge in [-0.25, -0.2) is 0 Å². The van der Waals surface area contributed by atoms with Crippen LogP contribution in [0.5, 0.6) is 0 Å². The highest BCUT2D eigenvalue weighted by molar-refractivity contribution is 5.79. The summed E-state index contributed by atoms with van der Waals surface area (Å²) >= 11 is 0. The molecule has 3 unspecified atom stereocenters. The first-order chi connectivity index (χ1) is 10.4. The summed E-state index contributed by atoms with van der Waals surface area (Å²) < 4.78 is 5.54. The summed E-state index contributed by atoms with van der Waals surface area (Å²) in [6.45, 7) is 8.15. The summed E-state index contributed by atoms with van der Waals surface area (Å²) in [4.78, 5) is 34.1. The average molecular weight is 313 g/mol. The molecule has 0 rings (SSSR count). The molecule has 0 saturated heterocycles. The normalized spacial score (nSPS) is 14.7. The van der Waals surface area contributed by atoms with Gasteiger partial charge in [-0.15, -0.1) is 0 Å². The van der Waals surface area contributed by atoms with Gasteiger partial charge < -0.3 is 14.8 Å². The van der Waals surface area contributed by atoms with Crippen molar-refractivity contribution >= 4 is 18.2 Å². The van der Waals surface area contributed by atoms with E-state index in [1.54, 1.807) is 0 Å². The Kier molecular flexibility index (Phi) is 11.4. The van der Waals surface area contributed by atoms with Gasteiger partial charge in [0.05, 0.1) is 13.0 Å². The number of carbonyl (C=O) groups is 3. The van der Waals surface area contributed by atoms with Gasteiger partial charge in [0.1, 0.15) is 12.4 Å². The Morgan fingerprint density at radius 3 is 2.41 bits per heavy atom. The van der Waals surface area contributed by atoms with E-state index in [1.807, 2.05) is 20.8 Å². The molecule has 0 heterocycles. The third-order valence-corrected chi connectivity index (χ3v) is 3.91. The highest BCUT2D eigenvalue weighted by Gasteiger charge is 2.24. The van der Waals surface area contributed by atoms with E-state index in [0.717, 1.165) is 25.7 Å². The Morgan fingerprint density at radius 2 is 1.86 bits per heavy atom. The number of esters is 1. The van der Waals surface area contributed by atoms with Crippen LogP contribution in [0.1, 0.15) is 66.2 Å². The highest BCUT2D eigenvalue weighted by Crippen LogP contribution is 2.20. The van der Waals surface area contributed by atoms with Crippen LogP contribution in [0, 0.1) is 11.8 Å². The molecule has 0 saturated carbocycles. The van der Waals surface area contributed by atoms with Crippen LogP contribution in [0.3, 0.4) is 0 Å². The van der Waals surface area contributed by atoms with Gasteiger partial charge in [-0.05, 0) is 18.3 Å². The van der Waals surface area contributed by atoms with Crippen LogP contribution in [0.15, 0.2) is 0 Å². The smallest absolute Gasteiger partial charge is 0.306 e. The molecular formula is C17H31NO4. The van der Waals surface area contributed by atoms with Gasteiger partial charge in [-0.2, -0.15) is 0 Å². The molecule has 0 aromatic carbocycles. The van der Waals surface area contributed by atoms with Crippen molar-refractivity contribution in [2.75, 3.05) is 6.54 Å². The standard InChI is InChI=1S/C17H31NO4/c1-5-7-8-14(4)15(12-16(20)18-9-10-19)22-17(21)11-13(3)6-2/h10,13-15H,5-9,11-12H2,1-4H3,(H,18,20). The molecule has 0 aromatic heterocycles. The zero-order valence-electron chi connectivity index (χ0n) is 14.4. The van der Waals surface area contributed by atoms with Gasteiger partial charge in [0, 0.05) is 6.42 Å². The maximum atomic E-state index is 12.0. The van der Waals surface area contributed by atoms with Gasteiger partial charge >= 0.3 is 5.97 Å². The van der Waals surface area contributed by atoms with E-state index < -0.39 is 6.10 Å². The minimum Gasteiger partial charge on any atom is -0.462 e. The largest absolute Gasteiger partial charge is 0.462 e. The maximum Gasteiger partial charge on any atom is 0.306 e. The van der Waals surface area contributed by atoms with E-state index in [2.05, 4.69) is 12.2 Å². The first-order valence-electron chi connectivity index (χ1n) is 8.34. The predicted molar refractivity (Wildman–Crippen MR) is 86.3 cm³/mol. The molecule has 0 spiro atoms. The third kappa shape index (κ3) is 9.53. The van der Waals surface area contributed by atoms with Crippen molar-refractivity contribution in [1.82, 2.24) is 5.32 Å². The van der Waals surface area contributed by atoms with E-state index in [-0.39, 0.29) is 36.7 Å². The topological polar surface area (TPSA) is 72.5 Å². The first-order valence-corrected chi connectivity index (χ1v) is 8.34. The second kappa shape index (κ2) is 12.2. The molecule has 0 aliphatic rings. The van der Waals surface area contributed by atoms with Gasteiger partial charge in [0.2, 0.25) is 5.91 Å². The summed E-state index contributed by atoms with van der Waals surface area (Å²) in [6.07, 6.45) is 4.65. The number of ether oxygens (including phenoxy) is 1. The Morgan fingerprint density at radius 1 is 1.18 bits per heavy atom. The van der Waals surface area contributed by atoms with Gasteiger partial charge in [0.25, 0.3) is 0 Å². The maximum absolute atomic E-state index is 12.0.